The molecule has 0 unspecified atom stereocenters. The summed E-state index contributed by atoms with van der Waals surface area (Å²) in [5.41, 5.74) is 3.74. The first-order chi connectivity index (χ1) is 16.7. The van der Waals surface area contributed by atoms with Crippen molar-refractivity contribution in [3.05, 3.63) is 96.2 Å². The average molecular weight is 491 g/mol. The van der Waals surface area contributed by atoms with Crippen molar-refractivity contribution in [1.82, 2.24) is 15.1 Å². The molecule has 180 valence electrons. The number of rotatable bonds is 8. The Morgan fingerprint density at radius 3 is 2.37 bits per heavy atom. The standard InChI is InChI=1S/C26H26N4O4S/c1-18(20-8-7-9-21(16-20)29-35(3,32)33)27-26(31)24-17-30(22-10-5-4-6-11-22)28-25(24)19-12-14-23(34-2)15-13-19/h4-18,29H,1-3H3,(H,27,31)/t18-/m0/s1. The average Bonchev–Trinajstić information content (AvgIpc) is 3.29. The van der Waals surface area contributed by atoms with Gasteiger partial charge in [0.05, 0.1) is 30.7 Å². The van der Waals surface area contributed by atoms with Crippen LogP contribution in [0.2, 0.25) is 0 Å². The molecular formula is C26H26N4O4S. The van der Waals surface area contributed by atoms with Gasteiger partial charge < -0.3 is 10.1 Å². The Hall–Kier alpha value is -4.11. The zero-order chi connectivity index (χ0) is 25.0. The number of nitrogens with zero attached hydrogens (tertiary/aromatic N) is 2. The van der Waals surface area contributed by atoms with Gasteiger partial charge in [0.2, 0.25) is 10.0 Å². The SMILES string of the molecule is COc1ccc(-c2nn(-c3ccccc3)cc2C(=O)N[C@@H](C)c2cccc(NS(C)(=O)=O)c2)cc1. The molecule has 0 aliphatic heterocycles. The first-order valence-electron chi connectivity index (χ1n) is 10.9. The van der Waals surface area contributed by atoms with E-state index in [9.17, 15) is 13.2 Å². The molecule has 4 aromatic rings. The summed E-state index contributed by atoms with van der Waals surface area (Å²) >= 11 is 0. The molecule has 0 radical (unpaired) electrons. The number of nitrogens with one attached hydrogen (secondary N) is 2. The zero-order valence-electron chi connectivity index (χ0n) is 19.6. The van der Waals surface area contributed by atoms with Crippen LogP contribution in [0.5, 0.6) is 5.75 Å². The summed E-state index contributed by atoms with van der Waals surface area (Å²) in [5.74, 6) is 0.408. The monoisotopic (exact) mass is 490 g/mol. The molecule has 2 N–H and O–H groups in total. The third kappa shape index (κ3) is 5.88. The van der Waals surface area contributed by atoms with E-state index in [2.05, 4.69) is 10.0 Å². The number of aromatic nitrogens is 2. The minimum absolute atomic E-state index is 0.299. The van der Waals surface area contributed by atoms with E-state index in [-0.39, 0.29) is 11.9 Å². The summed E-state index contributed by atoms with van der Waals surface area (Å²) in [5, 5.41) is 7.71. The maximum absolute atomic E-state index is 13.4. The smallest absolute Gasteiger partial charge is 0.255 e. The molecule has 1 atom stereocenters. The third-order valence-corrected chi connectivity index (χ3v) is 5.99. The Labute approximate surface area is 204 Å². The second-order valence-electron chi connectivity index (χ2n) is 8.09. The zero-order valence-corrected chi connectivity index (χ0v) is 20.4. The number of methoxy groups -OCH3 is 1. The second-order valence-corrected chi connectivity index (χ2v) is 9.84. The Balaban J connectivity index is 1.65. The summed E-state index contributed by atoms with van der Waals surface area (Å²) in [6.45, 7) is 1.84. The number of anilines is 1. The van der Waals surface area contributed by atoms with E-state index in [4.69, 9.17) is 9.84 Å². The maximum atomic E-state index is 13.4. The van der Waals surface area contributed by atoms with E-state index in [0.29, 0.717) is 22.7 Å². The Kier molecular flexibility index (Phi) is 6.88. The highest BCUT2D eigenvalue weighted by Crippen LogP contribution is 2.27. The molecule has 9 heteroatoms. The van der Waals surface area contributed by atoms with Crippen LogP contribution >= 0.6 is 0 Å². The van der Waals surface area contributed by atoms with Crippen LogP contribution in [0.25, 0.3) is 16.9 Å². The van der Waals surface area contributed by atoms with Crippen molar-refractivity contribution in [3.63, 3.8) is 0 Å². The van der Waals surface area contributed by atoms with Gasteiger partial charge in [0.15, 0.2) is 0 Å². The van der Waals surface area contributed by atoms with E-state index in [1.165, 1.54) is 0 Å². The summed E-state index contributed by atoms with van der Waals surface area (Å²) in [4.78, 5) is 13.4. The molecule has 0 saturated heterocycles. The van der Waals surface area contributed by atoms with Crippen molar-refractivity contribution < 1.29 is 17.9 Å². The molecular weight excluding hydrogens is 464 g/mol. The molecule has 0 aliphatic carbocycles. The van der Waals surface area contributed by atoms with E-state index >= 15 is 0 Å². The van der Waals surface area contributed by atoms with Crippen LogP contribution in [0.3, 0.4) is 0 Å². The van der Waals surface area contributed by atoms with Gasteiger partial charge in [0.1, 0.15) is 11.4 Å². The van der Waals surface area contributed by atoms with Crippen molar-refractivity contribution in [2.45, 2.75) is 13.0 Å². The van der Waals surface area contributed by atoms with E-state index in [1.807, 2.05) is 67.6 Å². The molecule has 0 spiro atoms. The summed E-state index contributed by atoms with van der Waals surface area (Å²) in [6, 6.07) is 23.5. The van der Waals surface area contributed by atoms with Crippen LogP contribution in [0.1, 0.15) is 28.9 Å². The number of hydrogen-bond donors (Lipinski definition) is 2. The van der Waals surface area contributed by atoms with Gasteiger partial charge in [0, 0.05) is 17.4 Å². The highest BCUT2D eigenvalue weighted by Gasteiger charge is 2.21. The third-order valence-electron chi connectivity index (χ3n) is 5.38. The molecule has 0 bridgehead atoms. The highest BCUT2D eigenvalue weighted by molar-refractivity contribution is 7.92. The van der Waals surface area contributed by atoms with E-state index < -0.39 is 10.0 Å². The summed E-state index contributed by atoms with van der Waals surface area (Å²) < 4.78 is 32.5. The fourth-order valence-corrected chi connectivity index (χ4v) is 4.21. The largest absolute Gasteiger partial charge is 0.497 e. The van der Waals surface area contributed by atoms with Crippen molar-refractivity contribution in [3.8, 4) is 22.7 Å². The Morgan fingerprint density at radius 2 is 1.71 bits per heavy atom. The lowest BCUT2D eigenvalue weighted by Crippen LogP contribution is -2.27. The van der Waals surface area contributed by atoms with Gasteiger partial charge in [-0.2, -0.15) is 5.10 Å². The normalized spacial score (nSPS) is 12.1. The van der Waals surface area contributed by atoms with Crippen LogP contribution in [-0.4, -0.2) is 37.5 Å². The lowest BCUT2D eigenvalue weighted by atomic mass is 10.1. The minimum Gasteiger partial charge on any atom is -0.497 e. The minimum atomic E-state index is -3.41. The van der Waals surface area contributed by atoms with Crippen LogP contribution < -0.4 is 14.8 Å². The topological polar surface area (TPSA) is 102 Å². The first-order valence-corrected chi connectivity index (χ1v) is 12.8. The molecule has 0 saturated carbocycles. The molecule has 0 fully saturated rings. The summed E-state index contributed by atoms with van der Waals surface area (Å²) in [6.07, 6.45) is 2.80. The van der Waals surface area contributed by atoms with Gasteiger partial charge in [-0.1, -0.05) is 30.3 Å². The Bertz CT molecular complexity index is 1430. The number of ether oxygens (including phenoxy) is 1. The van der Waals surface area contributed by atoms with Crippen molar-refractivity contribution in [2.75, 3.05) is 18.1 Å². The lowest BCUT2D eigenvalue weighted by molar-refractivity contribution is 0.0940. The molecule has 8 nitrogen and oxygen atoms in total. The van der Waals surface area contributed by atoms with Crippen molar-refractivity contribution in [1.29, 1.82) is 0 Å². The molecule has 0 aliphatic rings. The maximum Gasteiger partial charge on any atom is 0.255 e. The van der Waals surface area contributed by atoms with Gasteiger partial charge in [0.25, 0.3) is 5.91 Å². The van der Waals surface area contributed by atoms with E-state index in [1.54, 1.807) is 36.2 Å². The predicted molar refractivity (Wildman–Crippen MR) is 136 cm³/mol. The Morgan fingerprint density at radius 1 is 1.00 bits per heavy atom. The summed E-state index contributed by atoms with van der Waals surface area (Å²) in [7, 11) is -1.81. The van der Waals surface area contributed by atoms with Gasteiger partial charge in [-0.3, -0.25) is 9.52 Å². The predicted octanol–water partition coefficient (Wildman–Crippen LogP) is 4.41. The first kappa shape index (κ1) is 24.0. The molecule has 4 rings (SSSR count). The van der Waals surface area contributed by atoms with Gasteiger partial charge in [-0.15, -0.1) is 0 Å². The van der Waals surface area contributed by atoms with Gasteiger partial charge in [-0.05, 0) is 61.0 Å². The number of sulfonamides is 1. The van der Waals surface area contributed by atoms with Crippen molar-refractivity contribution >= 4 is 21.6 Å². The molecule has 1 amide bonds. The van der Waals surface area contributed by atoms with Gasteiger partial charge in [-0.25, -0.2) is 13.1 Å². The van der Waals surface area contributed by atoms with Crippen molar-refractivity contribution in [2.24, 2.45) is 0 Å². The number of benzene rings is 3. The quantitative estimate of drug-likeness (QED) is 0.381. The number of carbonyl (C=O) groups is 1. The second kappa shape index (κ2) is 10.0. The number of hydrogen-bond acceptors (Lipinski definition) is 5. The van der Waals surface area contributed by atoms with Gasteiger partial charge >= 0.3 is 0 Å². The van der Waals surface area contributed by atoms with Crippen LogP contribution in [0.15, 0.2) is 85.1 Å². The van der Waals surface area contributed by atoms with Crippen LogP contribution in [0.4, 0.5) is 5.69 Å². The molecule has 1 aromatic heterocycles. The fourth-order valence-electron chi connectivity index (χ4n) is 3.66. The fraction of sp³-hybridized carbons (Fsp3) is 0.154. The number of amides is 1. The molecule has 1 heterocycles. The number of para-hydroxylation sites is 1. The van der Waals surface area contributed by atoms with Crippen LogP contribution in [0, 0.1) is 0 Å². The highest BCUT2D eigenvalue weighted by atomic mass is 32.2. The molecule has 3 aromatic carbocycles. The van der Waals surface area contributed by atoms with E-state index in [0.717, 1.165) is 23.1 Å². The molecule has 35 heavy (non-hydrogen) atoms. The van der Waals surface area contributed by atoms with Crippen LogP contribution in [-0.2, 0) is 10.0 Å². The lowest BCUT2D eigenvalue weighted by Gasteiger charge is -2.16. The number of carbonyl (C=O) groups excluding carboxylic acids is 1.